The van der Waals surface area contributed by atoms with Crippen LogP contribution in [0.5, 0.6) is 5.75 Å². The second-order valence-electron chi connectivity index (χ2n) is 5.56. The van der Waals surface area contributed by atoms with Crippen molar-refractivity contribution < 1.29 is 28.8 Å². The van der Waals surface area contributed by atoms with Crippen molar-refractivity contribution in [2.45, 2.75) is 19.9 Å². The molecule has 1 atom stereocenters. The molecule has 1 aromatic heterocycles. The molecular formula is C15H13B2Cl2FN3O5. The Bertz CT molecular complexity index is 906. The van der Waals surface area contributed by atoms with Gasteiger partial charge in [-0.2, -0.15) is 0 Å². The molecule has 0 amide bonds. The maximum Gasteiger partial charge on any atom is 0.397 e. The van der Waals surface area contributed by atoms with Crippen molar-refractivity contribution in [3.8, 4) is 5.75 Å². The molecule has 145 valence electrons. The van der Waals surface area contributed by atoms with E-state index in [0.717, 1.165) is 24.3 Å². The van der Waals surface area contributed by atoms with Crippen LogP contribution in [0.4, 0.5) is 10.2 Å². The molecule has 8 nitrogen and oxygen atoms in total. The smallest absolute Gasteiger partial charge is 0.397 e. The first kappa shape index (κ1) is 21.9. The number of benzene rings is 1. The standard InChI is InChI=1S/C15H13B2Cl2FN3O5/c1-7(12-8(18)3-4-9(20)13(12)19)28-11-5-10(15(25)26)21-22-14(11)23(16-6-24)17(2)27/h3-7,27H,1-2H3,(H,25,26)/t7-/m1/s1. The van der Waals surface area contributed by atoms with E-state index in [4.69, 9.17) is 33.0 Å². The average molecular weight is 427 g/mol. The van der Waals surface area contributed by atoms with Crippen LogP contribution >= 0.6 is 23.2 Å². The Kier molecular flexibility index (Phi) is 7.22. The summed E-state index contributed by atoms with van der Waals surface area (Å²) in [5, 5.41) is 26.2. The van der Waals surface area contributed by atoms with Gasteiger partial charge in [-0.1, -0.05) is 23.2 Å². The predicted molar refractivity (Wildman–Crippen MR) is 103 cm³/mol. The first-order chi connectivity index (χ1) is 13.2. The zero-order chi connectivity index (χ0) is 21.0. The molecule has 0 saturated carbocycles. The van der Waals surface area contributed by atoms with Crippen LogP contribution in [0.1, 0.15) is 29.1 Å². The zero-order valence-electron chi connectivity index (χ0n) is 14.6. The van der Waals surface area contributed by atoms with Gasteiger partial charge in [0.25, 0.3) is 0 Å². The summed E-state index contributed by atoms with van der Waals surface area (Å²) in [5.41, 5.74) is -0.315. The number of carboxylic acids is 1. The molecule has 2 N–H and O–H groups in total. The van der Waals surface area contributed by atoms with Gasteiger partial charge in [0.2, 0.25) is 0 Å². The minimum Gasteiger partial charge on any atom is -0.482 e. The van der Waals surface area contributed by atoms with E-state index in [1.165, 1.54) is 19.8 Å². The maximum absolute atomic E-state index is 13.8. The lowest BCUT2D eigenvalue weighted by molar-refractivity contribution is 0.0688. The van der Waals surface area contributed by atoms with Gasteiger partial charge in [0.05, 0.1) is 5.02 Å². The Hall–Kier alpha value is -2.36. The molecular weight excluding hydrogens is 414 g/mol. The molecule has 0 spiro atoms. The van der Waals surface area contributed by atoms with Crippen LogP contribution in [0, 0.1) is 5.82 Å². The number of hydrogen-bond acceptors (Lipinski definition) is 7. The van der Waals surface area contributed by atoms with Gasteiger partial charge in [-0.15, -0.1) is 10.2 Å². The van der Waals surface area contributed by atoms with Crippen molar-refractivity contribution in [1.29, 1.82) is 0 Å². The molecule has 13 heteroatoms. The molecule has 0 aliphatic rings. The lowest BCUT2D eigenvalue weighted by Crippen LogP contribution is -2.42. The van der Waals surface area contributed by atoms with E-state index in [9.17, 15) is 19.0 Å². The second kappa shape index (κ2) is 9.22. The number of carbonyl (C=O) groups excluding carboxylic acids is 1. The molecule has 0 saturated heterocycles. The van der Waals surface area contributed by atoms with Crippen LogP contribution in [0.25, 0.3) is 0 Å². The molecule has 1 radical (unpaired) electrons. The highest BCUT2D eigenvalue weighted by Gasteiger charge is 2.27. The van der Waals surface area contributed by atoms with Crippen molar-refractivity contribution in [3.05, 3.63) is 45.3 Å². The number of aromatic nitrogens is 2. The topological polar surface area (TPSA) is 113 Å². The monoisotopic (exact) mass is 426 g/mol. The van der Waals surface area contributed by atoms with E-state index in [2.05, 4.69) is 10.2 Å². The molecule has 0 unspecified atom stereocenters. The number of ether oxygens (including phenoxy) is 1. The van der Waals surface area contributed by atoms with Gasteiger partial charge in [-0.05, 0) is 25.9 Å². The van der Waals surface area contributed by atoms with Crippen LogP contribution in [-0.4, -0.2) is 46.9 Å². The second-order valence-corrected chi connectivity index (χ2v) is 6.35. The molecule has 2 rings (SSSR count). The van der Waals surface area contributed by atoms with Crippen LogP contribution < -0.4 is 9.46 Å². The van der Waals surface area contributed by atoms with Crippen molar-refractivity contribution in [2.75, 3.05) is 4.72 Å². The Morgan fingerprint density at radius 3 is 2.68 bits per heavy atom. The fraction of sp³-hybridized carbons (Fsp3) is 0.200. The van der Waals surface area contributed by atoms with E-state index < -0.39 is 30.6 Å². The quantitative estimate of drug-likeness (QED) is 0.376. The van der Waals surface area contributed by atoms with Crippen molar-refractivity contribution in [1.82, 2.24) is 10.2 Å². The molecule has 2 aromatic rings. The summed E-state index contributed by atoms with van der Waals surface area (Å²) in [6.45, 7) is 2.85. The number of halogens is 3. The number of aromatic carboxylic acids is 1. The number of hydrogen-bond donors (Lipinski definition) is 2. The summed E-state index contributed by atoms with van der Waals surface area (Å²) >= 11 is 12.1. The van der Waals surface area contributed by atoms with Crippen LogP contribution in [0.3, 0.4) is 0 Å². The highest BCUT2D eigenvalue weighted by Crippen LogP contribution is 2.37. The van der Waals surface area contributed by atoms with E-state index in [1.807, 2.05) is 0 Å². The maximum atomic E-state index is 13.8. The first-order valence-electron chi connectivity index (χ1n) is 7.83. The Balaban J connectivity index is 2.53. The molecule has 0 bridgehead atoms. The number of carbonyl (C=O) groups is 2. The van der Waals surface area contributed by atoms with Gasteiger partial charge >= 0.3 is 20.4 Å². The van der Waals surface area contributed by atoms with Crippen LogP contribution in [-0.2, 0) is 4.79 Å². The molecule has 0 fully saturated rings. The molecule has 0 aliphatic carbocycles. The summed E-state index contributed by atoms with van der Waals surface area (Å²) < 4.78 is 20.6. The molecule has 1 aromatic carbocycles. The molecule has 1 heterocycles. The molecule has 0 aliphatic heterocycles. The minimum absolute atomic E-state index is 0.130. The third-order valence-electron chi connectivity index (χ3n) is 3.62. The van der Waals surface area contributed by atoms with E-state index >= 15 is 0 Å². The third kappa shape index (κ3) is 4.73. The number of rotatable bonds is 8. The van der Waals surface area contributed by atoms with Crippen molar-refractivity contribution in [3.63, 3.8) is 0 Å². The third-order valence-corrected chi connectivity index (χ3v) is 4.33. The summed E-state index contributed by atoms with van der Waals surface area (Å²) in [4.78, 5) is 22.1. The zero-order valence-corrected chi connectivity index (χ0v) is 16.1. The Morgan fingerprint density at radius 2 is 2.11 bits per heavy atom. The average Bonchev–Trinajstić information content (AvgIpc) is 2.63. The summed E-state index contributed by atoms with van der Waals surface area (Å²) in [7, 11) is -0.247. The summed E-state index contributed by atoms with van der Waals surface area (Å²) in [6.07, 6.45) is -0.542. The molecule has 28 heavy (non-hydrogen) atoms. The van der Waals surface area contributed by atoms with Gasteiger partial charge in [-0.25, -0.2) is 9.18 Å². The highest BCUT2D eigenvalue weighted by atomic mass is 35.5. The summed E-state index contributed by atoms with van der Waals surface area (Å²) in [5.74, 6) is -2.37. The van der Waals surface area contributed by atoms with Gasteiger partial charge in [0, 0.05) is 16.7 Å². The SMILES string of the molecule is CB(O)N([B]C=O)c1nnc(C(=O)O)cc1O[C@H](C)c1c(Cl)ccc(F)c1Cl. The predicted octanol–water partition coefficient (Wildman–Crippen LogP) is 2.49. The van der Waals surface area contributed by atoms with Gasteiger partial charge in [-0.3, -0.25) is 0 Å². The van der Waals surface area contributed by atoms with Crippen molar-refractivity contribution in [2.24, 2.45) is 0 Å². The number of carboxylic acid groups (broad SMARTS) is 1. The lowest BCUT2D eigenvalue weighted by atomic mass is 9.73. The number of anilines is 1. The van der Waals surface area contributed by atoms with Crippen molar-refractivity contribution >= 4 is 55.6 Å². The van der Waals surface area contributed by atoms with Crippen LogP contribution in [0.2, 0.25) is 16.9 Å². The van der Waals surface area contributed by atoms with Gasteiger partial charge in [0.15, 0.2) is 17.3 Å². The fourth-order valence-electron chi connectivity index (χ4n) is 2.34. The van der Waals surface area contributed by atoms with E-state index in [-0.39, 0.29) is 27.2 Å². The normalized spacial score (nSPS) is 11.5. The Labute approximate surface area is 170 Å². The minimum atomic E-state index is -1.37. The number of nitrogens with zero attached hydrogens (tertiary/aromatic N) is 3. The van der Waals surface area contributed by atoms with E-state index in [0.29, 0.717) is 6.19 Å². The van der Waals surface area contributed by atoms with E-state index in [1.54, 1.807) is 0 Å². The highest BCUT2D eigenvalue weighted by molar-refractivity contribution is 6.82. The van der Waals surface area contributed by atoms with Gasteiger partial charge < -0.3 is 24.4 Å². The van der Waals surface area contributed by atoms with Gasteiger partial charge in [0.1, 0.15) is 18.1 Å². The lowest BCUT2D eigenvalue weighted by Gasteiger charge is -2.26. The Morgan fingerprint density at radius 1 is 1.43 bits per heavy atom. The largest absolute Gasteiger partial charge is 0.482 e. The fourth-order valence-corrected chi connectivity index (χ4v) is 3.02. The van der Waals surface area contributed by atoms with Crippen LogP contribution in [0.15, 0.2) is 18.2 Å². The summed E-state index contributed by atoms with van der Waals surface area (Å²) in [6, 6.07) is 3.45. The first-order valence-corrected chi connectivity index (χ1v) is 8.59.